The van der Waals surface area contributed by atoms with Gasteiger partial charge in [0.2, 0.25) is 5.13 Å². The van der Waals surface area contributed by atoms with Gasteiger partial charge >= 0.3 is 5.76 Å². The third kappa shape index (κ3) is 3.48. The second-order valence-corrected chi connectivity index (χ2v) is 7.39. The number of nitrogens with zero attached hydrogens (tertiary/aromatic N) is 7. The Morgan fingerprint density at radius 1 is 1.32 bits per heavy atom. The summed E-state index contributed by atoms with van der Waals surface area (Å²) in [5.41, 5.74) is 2.40. The van der Waals surface area contributed by atoms with Crippen molar-refractivity contribution in [2.45, 2.75) is 20.4 Å². The zero-order chi connectivity index (χ0) is 19.7. The van der Waals surface area contributed by atoms with Crippen LogP contribution in [0.15, 0.2) is 30.7 Å². The van der Waals surface area contributed by atoms with E-state index in [0.717, 1.165) is 9.69 Å². The smallest absolute Gasteiger partial charge is 0.386 e. The summed E-state index contributed by atoms with van der Waals surface area (Å²) in [7, 11) is 0. The van der Waals surface area contributed by atoms with Crippen molar-refractivity contribution in [1.82, 2.24) is 30.1 Å². The van der Waals surface area contributed by atoms with Crippen LogP contribution in [-0.4, -0.2) is 42.6 Å². The number of hydrogen-bond acceptors (Lipinski definition) is 11. The molecule has 0 aromatic carbocycles. The number of carbonyl (C=O) groups is 1. The number of thiazole rings is 1. The monoisotopic (exact) mass is 419 g/mol. The summed E-state index contributed by atoms with van der Waals surface area (Å²) in [6.45, 7) is 3.76. The highest BCUT2D eigenvalue weighted by Crippen LogP contribution is 2.25. The maximum absolute atomic E-state index is 12.5. The largest absolute Gasteiger partial charge is 0.437 e. The molecule has 0 atom stereocenters. The van der Waals surface area contributed by atoms with E-state index in [4.69, 9.17) is 8.94 Å². The first-order valence-electron chi connectivity index (χ1n) is 8.09. The molecule has 0 bridgehead atoms. The quantitative estimate of drug-likeness (QED) is 0.459. The lowest BCUT2D eigenvalue weighted by atomic mass is 10.3. The van der Waals surface area contributed by atoms with Gasteiger partial charge in [-0.2, -0.15) is 4.68 Å². The summed E-state index contributed by atoms with van der Waals surface area (Å²) >= 11 is 2.71. The number of hydrogen-bond donors (Lipinski definition) is 0. The SMILES string of the molecule is CCN(C(=O)Cn1nc(-c2cc(-c3csc(C)n3)on2)oc1=O)c1nncs1. The van der Waals surface area contributed by atoms with E-state index in [1.807, 2.05) is 12.3 Å². The van der Waals surface area contributed by atoms with Crippen LogP contribution in [0.1, 0.15) is 11.9 Å². The number of likely N-dealkylation sites (N-methyl/N-ethyl adjacent to an activating group) is 1. The molecule has 0 spiro atoms. The maximum atomic E-state index is 12.5. The Morgan fingerprint density at radius 2 is 2.18 bits per heavy atom. The van der Waals surface area contributed by atoms with E-state index >= 15 is 0 Å². The number of amides is 1. The van der Waals surface area contributed by atoms with Crippen LogP contribution in [0.25, 0.3) is 23.0 Å². The lowest BCUT2D eigenvalue weighted by Gasteiger charge is -2.16. The number of aryl methyl sites for hydroxylation is 1. The summed E-state index contributed by atoms with van der Waals surface area (Å²) < 4.78 is 11.3. The summed E-state index contributed by atoms with van der Waals surface area (Å²) in [4.78, 5) is 30.3. The first-order chi connectivity index (χ1) is 13.5. The summed E-state index contributed by atoms with van der Waals surface area (Å²) in [6.07, 6.45) is 0. The van der Waals surface area contributed by atoms with Crippen molar-refractivity contribution < 1.29 is 13.7 Å². The van der Waals surface area contributed by atoms with Crippen LogP contribution < -0.4 is 10.7 Å². The highest BCUT2D eigenvalue weighted by Gasteiger charge is 2.22. The fourth-order valence-electron chi connectivity index (χ4n) is 2.40. The molecular formula is C15H13N7O4S2. The predicted octanol–water partition coefficient (Wildman–Crippen LogP) is 1.83. The molecule has 0 aliphatic carbocycles. The summed E-state index contributed by atoms with van der Waals surface area (Å²) in [6, 6.07) is 1.57. The van der Waals surface area contributed by atoms with E-state index < -0.39 is 5.76 Å². The van der Waals surface area contributed by atoms with Gasteiger partial charge in [0.1, 0.15) is 17.7 Å². The molecule has 0 radical (unpaired) electrons. The van der Waals surface area contributed by atoms with Gasteiger partial charge in [-0.15, -0.1) is 26.6 Å². The van der Waals surface area contributed by atoms with E-state index in [9.17, 15) is 9.59 Å². The van der Waals surface area contributed by atoms with Crippen LogP contribution >= 0.6 is 22.7 Å². The van der Waals surface area contributed by atoms with Crippen molar-refractivity contribution >= 4 is 33.7 Å². The van der Waals surface area contributed by atoms with Crippen molar-refractivity contribution in [3.63, 3.8) is 0 Å². The van der Waals surface area contributed by atoms with Gasteiger partial charge in [-0.25, -0.2) is 9.78 Å². The molecule has 13 heteroatoms. The van der Waals surface area contributed by atoms with Crippen LogP contribution in [0.5, 0.6) is 0 Å². The Morgan fingerprint density at radius 3 is 2.86 bits per heavy atom. The van der Waals surface area contributed by atoms with E-state index in [-0.39, 0.29) is 24.0 Å². The molecule has 0 unspecified atom stereocenters. The highest BCUT2D eigenvalue weighted by molar-refractivity contribution is 7.13. The topological polar surface area (TPSA) is 133 Å². The molecule has 11 nitrogen and oxygen atoms in total. The van der Waals surface area contributed by atoms with Crippen LogP contribution in [0.3, 0.4) is 0 Å². The van der Waals surface area contributed by atoms with Gasteiger partial charge < -0.3 is 8.94 Å². The standard InChI is InChI=1S/C15H13N7O4S2/c1-3-21(14-18-16-7-28-14)12(23)5-22-15(24)25-13(19-22)9-4-11(26-20-9)10-6-27-8(2)17-10/h4,6-7H,3,5H2,1-2H3. The van der Waals surface area contributed by atoms with Gasteiger partial charge in [-0.3, -0.25) is 9.69 Å². The molecule has 0 saturated heterocycles. The van der Waals surface area contributed by atoms with E-state index in [0.29, 0.717) is 23.1 Å². The minimum absolute atomic E-state index is 0.0429. The van der Waals surface area contributed by atoms with Crippen molar-refractivity contribution in [3.05, 3.63) is 32.5 Å². The summed E-state index contributed by atoms with van der Waals surface area (Å²) in [5.74, 6) is -0.745. The third-order valence-corrected chi connectivity index (χ3v) is 5.17. The maximum Gasteiger partial charge on any atom is 0.437 e. The lowest BCUT2D eigenvalue weighted by Crippen LogP contribution is -2.36. The summed E-state index contributed by atoms with van der Waals surface area (Å²) in [5, 5.41) is 18.7. The van der Waals surface area contributed by atoms with Gasteiger partial charge in [0.25, 0.3) is 11.8 Å². The first-order valence-corrected chi connectivity index (χ1v) is 9.85. The predicted molar refractivity (Wildman–Crippen MR) is 100 cm³/mol. The first kappa shape index (κ1) is 18.2. The van der Waals surface area contributed by atoms with Crippen LogP contribution in [0, 0.1) is 6.92 Å². The molecule has 1 amide bonds. The van der Waals surface area contributed by atoms with Crippen molar-refractivity contribution in [2.24, 2.45) is 0 Å². The van der Waals surface area contributed by atoms with Crippen LogP contribution in [-0.2, 0) is 11.3 Å². The average molecular weight is 419 g/mol. The fourth-order valence-corrected chi connectivity index (χ4v) is 3.64. The van der Waals surface area contributed by atoms with E-state index in [1.165, 1.54) is 33.1 Å². The Hall–Kier alpha value is -3.19. The van der Waals surface area contributed by atoms with Gasteiger partial charge in [0.05, 0.1) is 5.01 Å². The number of aromatic nitrogens is 6. The molecule has 4 heterocycles. The molecule has 144 valence electrons. The molecule has 4 rings (SSSR count). The Bertz CT molecular complexity index is 1160. The minimum Gasteiger partial charge on any atom is -0.386 e. The van der Waals surface area contributed by atoms with Crippen molar-refractivity contribution in [1.29, 1.82) is 0 Å². The van der Waals surface area contributed by atoms with Gasteiger partial charge in [-0.05, 0) is 13.8 Å². The lowest BCUT2D eigenvalue weighted by molar-refractivity contribution is -0.119. The van der Waals surface area contributed by atoms with Crippen molar-refractivity contribution in [3.8, 4) is 23.0 Å². The molecular weight excluding hydrogens is 406 g/mol. The molecule has 28 heavy (non-hydrogen) atoms. The van der Waals surface area contributed by atoms with E-state index in [1.54, 1.807) is 13.0 Å². The Labute approximate surface area is 165 Å². The van der Waals surface area contributed by atoms with Crippen molar-refractivity contribution in [2.75, 3.05) is 11.4 Å². The molecule has 0 saturated carbocycles. The fraction of sp³-hybridized carbons (Fsp3) is 0.267. The second-order valence-electron chi connectivity index (χ2n) is 5.52. The van der Waals surface area contributed by atoms with Gasteiger partial charge in [0.15, 0.2) is 11.5 Å². The van der Waals surface area contributed by atoms with Crippen LogP contribution in [0.4, 0.5) is 5.13 Å². The zero-order valence-electron chi connectivity index (χ0n) is 14.7. The molecule has 4 aromatic heterocycles. The molecule has 4 aromatic rings. The molecule has 0 aliphatic heterocycles. The third-order valence-electron chi connectivity index (χ3n) is 3.69. The number of carbonyl (C=O) groups excluding carboxylic acids is 1. The highest BCUT2D eigenvalue weighted by atomic mass is 32.1. The molecule has 0 fully saturated rings. The van der Waals surface area contributed by atoms with Gasteiger partial charge in [0, 0.05) is 18.0 Å². The minimum atomic E-state index is -0.772. The van der Waals surface area contributed by atoms with Gasteiger partial charge in [-0.1, -0.05) is 16.5 Å². The Kier molecular flexibility index (Phi) is 4.83. The van der Waals surface area contributed by atoms with Crippen LogP contribution in [0.2, 0.25) is 0 Å². The number of rotatable bonds is 6. The zero-order valence-corrected chi connectivity index (χ0v) is 16.4. The molecule has 0 N–H and O–H groups in total. The van der Waals surface area contributed by atoms with E-state index in [2.05, 4.69) is 25.4 Å². The Balaban J connectivity index is 1.55. The number of anilines is 1. The average Bonchev–Trinajstić information content (AvgIpc) is 3.44. The second kappa shape index (κ2) is 7.44. The normalized spacial score (nSPS) is 11.1. The molecule has 0 aliphatic rings.